The lowest BCUT2D eigenvalue weighted by molar-refractivity contribution is -0.148. The first-order valence-electron chi connectivity index (χ1n) is 15.2. The molecule has 3 aromatic rings. The van der Waals surface area contributed by atoms with Gasteiger partial charge in [-0.3, -0.25) is 14.4 Å². The second-order valence-corrected chi connectivity index (χ2v) is 12.3. The molecule has 0 saturated carbocycles. The Bertz CT molecular complexity index is 1810. The molecule has 1 aliphatic carbocycles. The number of aliphatic hydroxyl groups excluding tert-OH is 3. The number of allylic oxidation sites excluding steroid dienone is 1. The van der Waals surface area contributed by atoms with E-state index in [9.17, 15) is 29.7 Å². The third-order valence-corrected chi connectivity index (χ3v) is 9.54. The van der Waals surface area contributed by atoms with Crippen LogP contribution >= 0.6 is 0 Å². The van der Waals surface area contributed by atoms with E-state index in [-0.39, 0.29) is 49.2 Å². The van der Waals surface area contributed by atoms with Gasteiger partial charge in [0.25, 0.3) is 5.56 Å². The number of aromatic nitrogens is 2. The Hall–Kier alpha value is -4.13. The number of benzene rings is 1. The highest BCUT2D eigenvalue weighted by molar-refractivity contribution is 5.93. The van der Waals surface area contributed by atoms with Gasteiger partial charge in [0.15, 0.2) is 0 Å². The van der Waals surface area contributed by atoms with Gasteiger partial charge in [-0.05, 0) is 60.9 Å². The van der Waals surface area contributed by atoms with Crippen molar-refractivity contribution in [2.24, 2.45) is 0 Å². The summed E-state index contributed by atoms with van der Waals surface area (Å²) in [6, 6.07) is 2.81. The van der Waals surface area contributed by atoms with Crippen molar-refractivity contribution >= 4 is 22.8 Å². The zero-order valence-corrected chi connectivity index (χ0v) is 25.3. The Morgan fingerprint density at radius 3 is 2.58 bits per heavy atom. The minimum Gasteiger partial charge on any atom is -0.460 e. The molecule has 12 heteroatoms. The molecule has 2 aliphatic heterocycles. The fourth-order valence-corrected chi connectivity index (χ4v) is 6.96. The smallest absolute Gasteiger partial charge is 0.313 e. The number of nitrogens with zero attached hydrogens (tertiary/aromatic N) is 2. The molecule has 1 aromatic carbocycles. The molecule has 0 fully saturated rings. The maximum absolute atomic E-state index is 15.1. The minimum absolute atomic E-state index is 0.0469. The van der Waals surface area contributed by atoms with Crippen LogP contribution < -0.4 is 16.2 Å². The lowest BCUT2D eigenvalue weighted by Gasteiger charge is -2.31. The zero-order valence-electron chi connectivity index (χ0n) is 25.3. The van der Waals surface area contributed by atoms with Gasteiger partial charge in [0.05, 0.1) is 60.8 Å². The first-order chi connectivity index (χ1) is 21.6. The van der Waals surface area contributed by atoms with Gasteiger partial charge in [0.1, 0.15) is 18.0 Å². The summed E-state index contributed by atoms with van der Waals surface area (Å²) in [7, 11) is 0. The summed E-state index contributed by atoms with van der Waals surface area (Å²) in [6.45, 7) is 6.04. The number of nitrogens with one attached hydrogen (secondary N) is 2. The van der Waals surface area contributed by atoms with E-state index in [0.717, 1.165) is 22.1 Å². The number of aliphatic hydroxyl groups is 3. The van der Waals surface area contributed by atoms with Crippen molar-refractivity contribution in [2.45, 2.75) is 76.6 Å². The van der Waals surface area contributed by atoms with Crippen molar-refractivity contribution in [1.29, 1.82) is 0 Å². The molecular formula is C33H37FN4O7. The molecule has 0 radical (unpaired) electrons. The molecule has 2 unspecified atom stereocenters. The maximum Gasteiger partial charge on any atom is 0.313 e. The van der Waals surface area contributed by atoms with Gasteiger partial charge in [0.2, 0.25) is 5.91 Å². The topological polar surface area (TPSA) is 163 Å². The predicted octanol–water partition coefficient (Wildman–Crippen LogP) is 2.13. The van der Waals surface area contributed by atoms with E-state index < -0.39 is 37.3 Å². The van der Waals surface area contributed by atoms with Crippen molar-refractivity contribution in [3.05, 3.63) is 74.0 Å². The Morgan fingerprint density at radius 2 is 1.89 bits per heavy atom. The van der Waals surface area contributed by atoms with Crippen molar-refractivity contribution < 1.29 is 34.0 Å². The fourth-order valence-electron chi connectivity index (χ4n) is 6.96. The number of hydrogen-bond acceptors (Lipinski definition) is 9. The average Bonchev–Trinajstić information content (AvgIpc) is 3.40. The lowest BCUT2D eigenvalue weighted by Crippen LogP contribution is -2.54. The van der Waals surface area contributed by atoms with Crippen molar-refractivity contribution in [3.63, 3.8) is 0 Å². The zero-order chi connectivity index (χ0) is 32.2. The lowest BCUT2D eigenvalue weighted by atomic mass is 9.81. The van der Waals surface area contributed by atoms with E-state index >= 15 is 4.39 Å². The van der Waals surface area contributed by atoms with Crippen LogP contribution in [0.3, 0.4) is 0 Å². The number of halogens is 1. The van der Waals surface area contributed by atoms with E-state index in [1.165, 1.54) is 6.07 Å². The van der Waals surface area contributed by atoms with Gasteiger partial charge in [-0.25, -0.2) is 9.37 Å². The van der Waals surface area contributed by atoms with Gasteiger partial charge in [-0.15, -0.1) is 0 Å². The second-order valence-electron chi connectivity index (χ2n) is 12.3. The molecule has 5 N–H and O–H groups in total. The number of cyclic esters (lactones) is 1. The van der Waals surface area contributed by atoms with Crippen molar-refractivity contribution in [2.75, 3.05) is 19.8 Å². The molecule has 3 aliphatic rings. The summed E-state index contributed by atoms with van der Waals surface area (Å²) in [5, 5.41) is 35.5. The molecule has 238 valence electrons. The fraction of sp³-hybridized carbons (Fsp3) is 0.455. The number of carbonyl (C=O) groups excluding carboxylic acids is 2. The molecule has 11 nitrogen and oxygen atoms in total. The quantitative estimate of drug-likeness (QED) is 0.167. The highest BCUT2D eigenvalue weighted by Crippen LogP contribution is 2.45. The van der Waals surface area contributed by atoms with Gasteiger partial charge < -0.3 is 35.3 Å². The standard InChI is InChI=1S/C33H37FN4O7/c1-4-18-20-9-26-30-21(11-38(26)31(43)22(20)12-45-32(18)44)29-24(7-6-19-17(3)23(34)10-25(36-30)28(19)29)35-27(42)8-5-16(2)37-33(13-39,14-40)15-41/h9-10,18,24,37,39-41H,2,4-8,11-15H2,1,3H3,(H,35,42). The number of carbonyl (C=O) groups is 2. The van der Waals surface area contributed by atoms with E-state index in [4.69, 9.17) is 9.72 Å². The molecule has 45 heavy (non-hydrogen) atoms. The van der Waals surface area contributed by atoms with Crippen LogP contribution in [0.5, 0.6) is 0 Å². The average molecular weight is 621 g/mol. The van der Waals surface area contributed by atoms with Crippen LogP contribution in [0.15, 0.2) is 29.2 Å². The largest absolute Gasteiger partial charge is 0.460 e. The number of aryl methyl sites for hydroxylation is 1. The van der Waals surface area contributed by atoms with Crippen LogP contribution in [0.4, 0.5) is 4.39 Å². The van der Waals surface area contributed by atoms with E-state index in [1.54, 1.807) is 11.5 Å². The van der Waals surface area contributed by atoms with E-state index in [2.05, 4.69) is 17.2 Å². The number of fused-ring (bicyclic) bond motifs is 5. The summed E-state index contributed by atoms with van der Waals surface area (Å²) in [6.07, 6.45) is 1.75. The molecule has 0 bridgehead atoms. The Balaban J connectivity index is 1.38. The minimum atomic E-state index is -1.35. The van der Waals surface area contributed by atoms with Crippen LogP contribution in [-0.2, 0) is 33.9 Å². The number of amides is 1. The van der Waals surface area contributed by atoms with Gasteiger partial charge in [-0.1, -0.05) is 13.5 Å². The van der Waals surface area contributed by atoms with Crippen molar-refractivity contribution in [1.82, 2.24) is 20.2 Å². The molecule has 2 aromatic heterocycles. The Morgan fingerprint density at radius 1 is 1.16 bits per heavy atom. The first kappa shape index (κ1) is 30.9. The summed E-state index contributed by atoms with van der Waals surface area (Å²) in [5.74, 6) is -1.57. The number of ether oxygens (including phenoxy) is 1. The van der Waals surface area contributed by atoms with E-state index in [0.29, 0.717) is 58.6 Å². The van der Waals surface area contributed by atoms with Gasteiger partial charge in [-0.2, -0.15) is 0 Å². The van der Waals surface area contributed by atoms with Gasteiger partial charge >= 0.3 is 5.97 Å². The highest BCUT2D eigenvalue weighted by Gasteiger charge is 2.38. The monoisotopic (exact) mass is 620 g/mol. The van der Waals surface area contributed by atoms with Gasteiger partial charge in [0, 0.05) is 29.1 Å². The molecule has 4 heterocycles. The third kappa shape index (κ3) is 5.01. The summed E-state index contributed by atoms with van der Waals surface area (Å²) in [4.78, 5) is 44.4. The maximum atomic E-state index is 15.1. The van der Waals surface area contributed by atoms with Crippen LogP contribution in [0.25, 0.3) is 22.3 Å². The molecule has 1 amide bonds. The van der Waals surface area contributed by atoms with Crippen LogP contribution in [0, 0.1) is 12.7 Å². The molecule has 2 atom stereocenters. The molecule has 0 saturated heterocycles. The molecule has 0 spiro atoms. The second kappa shape index (κ2) is 11.7. The number of rotatable bonds is 10. The molecule has 6 rings (SSSR count). The summed E-state index contributed by atoms with van der Waals surface area (Å²) < 4.78 is 22.1. The number of hydrogen-bond donors (Lipinski definition) is 5. The molecular weight excluding hydrogens is 583 g/mol. The first-order valence-corrected chi connectivity index (χ1v) is 15.2. The third-order valence-electron chi connectivity index (χ3n) is 9.54. The Kier molecular flexibility index (Phi) is 8.00. The normalized spacial score (nSPS) is 18.2. The SMILES string of the molecule is C=C(CCC(=O)NC1CCc2c(C)c(F)cc3nc4c(c1c23)Cn1c-4cc2c(c1=O)COC(=O)C2CC)NC(CO)(CO)CO. The van der Waals surface area contributed by atoms with Crippen LogP contribution in [-0.4, -0.2) is 62.1 Å². The summed E-state index contributed by atoms with van der Waals surface area (Å²) >= 11 is 0. The summed E-state index contributed by atoms with van der Waals surface area (Å²) in [5.41, 5.74) is 4.35. The predicted molar refractivity (Wildman–Crippen MR) is 163 cm³/mol. The Labute approximate surface area is 258 Å². The van der Waals surface area contributed by atoms with Crippen LogP contribution in [0.2, 0.25) is 0 Å². The highest BCUT2D eigenvalue weighted by atomic mass is 19.1. The van der Waals surface area contributed by atoms with Crippen LogP contribution in [0.1, 0.15) is 77.9 Å². The number of esters is 1. The van der Waals surface area contributed by atoms with E-state index in [1.807, 2.05) is 13.0 Å². The number of pyridine rings is 2. The van der Waals surface area contributed by atoms with Crippen molar-refractivity contribution in [3.8, 4) is 11.4 Å².